The Bertz CT molecular complexity index is 975. The molecule has 1 aliphatic heterocycles. The SMILES string of the molecule is Cc1cn(C2OC(CCP(=O)(O)O)C(OP(C)(=O)O)C2OCC2CC2)c(=O)[nH]c1=O. The molecule has 3 rings (SSSR count). The van der Waals surface area contributed by atoms with Gasteiger partial charge in [0.2, 0.25) is 0 Å². The molecule has 1 aliphatic carbocycles. The van der Waals surface area contributed by atoms with Gasteiger partial charge < -0.3 is 24.2 Å². The Morgan fingerprint density at radius 3 is 2.47 bits per heavy atom. The first-order valence-electron chi connectivity index (χ1n) is 9.46. The van der Waals surface area contributed by atoms with Gasteiger partial charge >= 0.3 is 20.9 Å². The predicted octanol–water partition coefficient (Wildman–Crippen LogP) is 0.306. The lowest BCUT2D eigenvalue weighted by Crippen LogP contribution is -2.40. The van der Waals surface area contributed by atoms with Gasteiger partial charge in [0, 0.05) is 18.4 Å². The maximum absolute atomic E-state index is 12.4. The zero-order valence-electron chi connectivity index (χ0n) is 16.5. The van der Waals surface area contributed by atoms with E-state index in [9.17, 15) is 33.4 Å². The Labute approximate surface area is 171 Å². The molecule has 1 saturated heterocycles. The molecular weight excluding hydrogens is 442 g/mol. The molecule has 5 unspecified atom stereocenters. The summed E-state index contributed by atoms with van der Waals surface area (Å²) in [5.41, 5.74) is -1.10. The Kier molecular flexibility index (Phi) is 6.91. The molecule has 0 bridgehead atoms. The first-order valence-corrected chi connectivity index (χ1v) is 13.3. The zero-order valence-corrected chi connectivity index (χ0v) is 18.3. The standard InChI is InChI=1S/C16H26N2O10P2/c1-9-7-18(16(20)17-14(9)19)15-13(26-8-10-3-4-10)12(28-29(2,21)22)11(27-15)5-6-30(23,24)25/h7,10-13,15H,3-6,8H2,1-2H3,(H,21,22)(H,17,19,20)(H2,23,24,25). The lowest BCUT2D eigenvalue weighted by Gasteiger charge is -2.26. The summed E-state index contributed by atoms with van der Waals surface area (Å²) in [6, 6.07) is 0. The molecule has 4 N–H and O–H groups in total. The van der Waals surface area contributed by atoms with E-state index in [-0.39, 0.29) is 12.0 Å². The van der Waals surface area contributed by atoms with Crippen molar-refractivity contribution in [2.45, 2.75) is 50.7 Å². The first kappa shape index (κ1) is 23.6. The largest absolute Gasteiger partial charge is 0.370 e. The minimum atomic E-state index is -4.38. The number of hydrogen-bond donors (Lipinski definition) is 4. The van der Waals surface area contributed by atoms with Crippen LogP contribution in [0.4, 0.5) is 0 Å². The molecule has 2 aliphatic rings. The zero-order chi connectivity index (χ0) is 22.3. The van der Waals surface area contributed by atoms with Crippen LogP contribution < -0.4 is 11.2 Å². The van der Waals surface area contributed by atoms with Crippen molar-refractivity contribution in [3.05, 3.63) is 32.6 Å². The molecule has 1 aromatic rings. The Hall–Kier alpha value is -1.10. The van der Waals surface area contributed by atoms with Crippen LogP contribution in [0.1, 0.15) is 31.1 Å². The van der Waals surface area contributed by atoms with Crippen molar-refractivity contribution in [2.75, 3.05) is 19.4 Å². The Morgan fingerprint density at radius 1 is 1.23 bits per heavy atom. The second-order valence-electron chi connectivity index (χ2n) is 7.84. The van der Waals surface area contributed by atoms with E-state index in [4.69, 9.17) is 14.0 Å². The number of ether oxygens (including phenoxy) is 2. The maximum Gasteiger partial charge on any atom is 0.330 e. The van der Waals surface area contributed by atoms with Gasteiger partial charge in [-0.05, 0) is 32.1 Å². The van der Waals surface area contributed by atoms with Crippen molar-refractivity contribution < 1.29 is 37.8 Å². The third kappa shape index (κ3) is 6.21. The lowest BCUT2D eigenvalue weighted by molar-refractivity contribution is -0.0721. The fraction of sp³-hybridized carbons (Fsp3) is 0.750. The van der Waals surface area contributed by atoms with Crippen LogP contribution in [0.15, 0.2) is 15.8 Å². The third-order valence-electron chi connectivity index (χ3n) is 4.95. The molecule has 1 saturated carbocycles. The highest BCUT2D eigenvalue weighted by Gasteiger charge is 2.50. The van der Waals surface area contributed by atoms with E-state index in [0.29, 0.717) is 12.5 Å². The monoisotopic (exact) mass is 468 g/mol. The van der Waals surface area contributed by atoms with E-state index in [2.05, 4.69) is 4.98 Å². The summed E-state index contributed by atoms with van der Waals surface area (Å²) in [5, 5.41) is 0. The number of aromatic amines is 1. The van der Waals surface area contributed by atoms with Gasteiger partial charge in [-0.25, -0.2) is 4.79 Å². The quantitative estimate of drug-likeness (QED) is 0.369. The van der Waals surface area contributed by atoms with Gasteiger partial charge in [0.05, 0.1) is 18.9 Å². The molecule has 0 amide bonds. The fourth-order valence-electron chi connectivity index (χ4n) is 3.30. The van der Waals surface area contributed by atoms with Gasteiger partial charge in [-0.3, -0.25) is 28.0 Å². The molecule has 1 aromatic heterocycles. The lowest BCUT2D eigenvalue weighted by atomic mass is 10.1. The third-order valence-corrected chi connectivity index (χ3v) is 6.42. The smallest absolute Gasteiger partial charge is 0.330 e. The van der Waals surface area contributed by atoms with Gasteiger partial charge in [0.15, 0.2) is 6.23 Å². The molecule has 14 heteroatoms. The average Bonchev–Trinajstić information content (AvgIpc) is 3.36. The number of aryl methyl sites for hydroxylation is 1. The highest BCUT2D eigenvalue weighted by atomic mass is 31.2. The molecule has 0 aromatic carbocycles. The molecule has 2 fully saturated rings. The topological polar surface area (TPSA) is 177 Å². The number of nitrogens with zero attached hydrogens (tertiary/aromatic N) is 1. The van der Waals surface area contributed by atoms with Gasteiger partial charge in [-0.1, -0.05) is 0 Å². The number of nitrogens with one attached hydrogen (secondary N) is 1. The highest BCUT2D eigenvalue weighted by molar-refractivity contribution is 7.52. The van der Waals surface area contributed by atoms with Gasteiger partial charge in [0.25, 0.3) is 5.56 Å². The molecule has 2 heterocycles. The fourth-order valence-corrected chi connectivity index (χ4v) is 4.60. The van der Waals surface area contributed by atoms with E-state index in [1.165, 1.54) is 13.1 Å². The number of rotatable bonds is 9. The van der Waals surface area contributed by atoms with Crippen LogP contribution in [0.3, 0.4) is 0 Å². The summed E-state index contributed by atoms with van der Waals surface area (Å²) >= 11 is 0. The van der Waals surface area contributed by atoms with Gasteiger partial charge in [0.1, 0.15) is 12.2 Å². The van der Waals surface area contributed by atoms with Crippen LogP contribution in [-0.2, 0) is 23.1 Å². The van der Waals surface area contributed by atoms with E-state index < -0.39 is 57.1 Å². The summed E-state index contributed by atoms with van der Waals surface area (Å²) in [5.74, 6) is 0.317. The van der Waals surface area contributed by atoms with E-state index >= 15 is 0 Å². The Morgan fingerprint density at radius 2 is 1.90 bits per heavy atom. The van der Waals surface area contributed by atoms with Crippen LogP contribution >= 0.6 is 15.2 Å². The van der Waals surface area contributed by atoms with Gasteiger partial charge in [-0.2, -0.15) is 0 Å². The summed E-state index contributed by atoms with van der Waals surface area (Å²) in [4.78, 5) is 54.5. The van der Waals surface area contributed by atoms with Crippen molar-refractivity contribution in [3.63, 3.8) is 0 Å². The molecule has 30 heavy (non-hydrogen) atoms. The average molecular weight is 468 g/mol. The molecule has 170 valence electrons. The number of hydrogen-bond acceptors (Lipinski definition) is 7. The number of H-pyrrole nitrogens is 1. The van der Waals surface area contributed by atoms with E-state index in [0.717, 1.165) is 24.1 Å². The maximum atomic E-state index is 12.4. The second kappa shape index (κ2) is 8.80. The summed E-state index contributed by atoms with van der Waals surface area (Å²) in [7, 11) is -8.41. The van der Waals surface area contributed by atoms with Crippen LogP contribution in [0.25, 0.3) is 0 Å². The minimum absolute atomic E-state index is 0.189. The second-order valence-corrected chi connectivity index (χ2v) is 11.4. The van der Waals surface area contributed by atoms with Crippen molar-refractivity contribution in [3.8, 4) is 0 Å². The minimum Gasteiger partial charge on any atom is -0.370 e. The van der Waals surface area contributed by atoms with Gasteiger partial charge in [-0.15, -0.1) is 0 Å². The van der Waals surface area contributed by atoms with Crippen LogP contribution in [0.2, 0.25) is 0 Å². The summed E-state index contributed by atoms with van der Waals surface area (Å²) < 4.78 is 41.5. The summed E-state index contributed by atoms with van der Waals surface area (Å²) in [6.45, 7) is 2.79. The number of aromatic nitrogens is 2. The predicted molar refractivity (Wildman–Crippen MR) is 105 cm³/mol. The van der Waals surface area contributed by atoms with Crippen molar-refractivity contribution in [2.24, 2.45) is 5.92 Å². The highest BCUT2D eigenvalue weighted by Crippen LogP contribution is 2.47. The Balaban J connectivity index is 1.96. The molecule has 5 atom stereocenters. The molecule has 0 radical (unpaired) electrons. The van der Waals surface area contributed by atoms with Crippen molar-refractivity contribution in [1.29, 1.82) is 0 Å². The van der Waals surface area contributed by atoms with E-state index in [1.807, 2.05) is 0 Å². The molecule has 0 spiro atoms. The van der Waals surface area contributed by atoms with E-state index in [1.54, 1.807) is 0 Å². The van der Waals surface area contributed by atoms with Crippen LogP contribution in [0.5, 0.6) is 0 Å². The van der Waals surface area contributed by atoms with Crippen molar-refractivity contribution >= 4 is 15.2 Å². The first-order chi connectivity index (χ1) is 13.8. The normalized spacial score (nSPS) is 29.1. The van der Waals surface area contributed by atoms with Crippen LogP contribution in [-0.4, -0.2) is 62.0 Å². The van der Waals surface area contributed by atoms with Crippen LogP contribution in [0, 0.1) is 12.8 Å². The molecule has 12 nitrogen and oxygen atoms in total. The van der Waals surface area contributed by atoms with Crippen molar-refractivity contribution in [1.82, 2.24) is 9.55 Å². The summed E-state index contributed by atoms with van der Waals surface area (Å²) in [6.07, 6.45) is -1.81. The molecular formula is C16H26N2O10P2.